The third-order valence-corrected chi connectivity index (χ3v) is 11.2. The Morgan fingerprint density at radius 3 is 1.46 bits per heavy atom. The van der Waals surface area contributed by atoms with E-state index in [2.05, 4.69) is 50.3 Å². The maximum absolute atomic E-state index is 12.7. The van der Waals surface area contributed by atoms with Crippen molar-refractivity contribution < 1.29 is 37.3 Å². The molecule has 0 aromatic rings. The molecule has 57 heavy (non-hydrogen) atoms. The number of carbonyl (C=O) groups excluding carboxylic acids is 1. The summed E-state index contributed by atoms with van der Waals surface area (Å²) in [6.45, 7) is 5.60. The van der Waals surface area contributed by atoms with Gasteiger partial charge in [-0.25, -0.2) is 4.57 Å². The summed E-state index contributed by atoms with van der Waals surface area (Å²) in [4.78, 5) is 22.9. The smallest absolute Gasteiger partial charge is 0.457 e. The highest BCUT2D eigenvalue weighted by Gasteiger charge is 2.26. The van der Waals surface area contributed by atoms with E-state index in [0.29, 0.717) is 24.1 Å². The second kappa shape index (κ2) is 41.5. The number of allylic oxidation sites excluding steroid dienone is 6. The lowest BCUT2D eigenvalue weighted by Crippen LogP contribution is -2.37. The van der Waals surface area contributed by atoms with Crippen LogP contribution in [0.1, 0.15) is 206 Å². The Morgan fingerprint density at radius 1 is 0.544 bits per heavy atom. The van der Waals surface area contributed by atoms with E-state index in [-0.39, 0.29) is 25.8 Å². The average Bonchev–Trinajstić information content (AvgIpc) is 3.16. The molecule has 0 saturated carbocycles. The summed E-state index contributed by atoms with van der Waals surface area (Å²) >= 11 is 0. The van der Waals surface area contributed by atoms with Crippen molar-refractivity contribution in [3.8, 4) is 0 Å². The van der Waals surface area contributed by atoms with Gasteiger partial charge in [-0.3, -0.25) is 13.8 Å². The van der Waals surface area contributed by atoms with E-state index in [1.165, 1.54) is 148 Å². The molecule has 8 nitrogen and oxygen atoms in total. The maximum Gasteiger partial charge on any atom is 0.472 e. The van der Waals surface area contributed by atoms with Crippen LogP contribution in [-0.2, 0) is 27.9 Å². The normalized spacial score (nSPS) is 14.0. The van der Waals surface area contributed by atoms with Crippen molar-refractivity contribution in [1.29, 1.82) is 0 Å². The highest BCUT2D eigenvalue weighted by atomic mass is 31.2. The second-order valence-electron chi connectivity index (χ2n) is 17.1. The van der Waals surface area contributed by atoms with E-state index in [9.17, 15) is 14.3 Å². The molecule has 336 valence electrons. The fraction of sp³-hybridized carbons (Fsp3) is 0.854. The van der Waals surface area contributed by atoms with Gasteiger partial charge in [0, 0.05) is 13.0 Å². The van der Waals surface area contributed by atoms with Crippen molar-refractivity contribution in [1.82, 2.24) is 0 Å². The molecule has 9 heteroatoms. The third kappa shape index (κ3) is 45.7. The van der Waals surface area contributed by atoms with Gasteiger partial charge < -0.3 is 18.9 Å². The van der Waals surface area contributed by atoms with E-state index in [1.807, 2.05) is 21.1 Å². The Hall–Kier alpha value is -1.28. The summed E-state index contributed by atoms with van der Waals surface area (Å²) in [7, 11) is 1.66. The van der Waals surface area contributed by atoms with Gasteiger partial charge in [0.25, 0.3) is 0 Å². The molecule has 0 fully saturated rings. The van der Waals surface area contributed by atoms with E-state index in [4.69, 9.17) is 18.5 Å². The number of quaternary nitrogens is 1. The fourth-order valence-corrected chi connectivity index (χ4v) is 7.20. The van der Waals surface area contributed by atoms with Crippen LogP contribution in [-0.4, -0.2) is 75.6 Å². The maximum atomic E-state index is 12.7. The van der Waals surface area contributed by atoms with Crippen LogP contribution in [0.2, 0.25) is 0 Å². The number of hydrogen-bond donors (Lipinski definition) is 1. The Morgan fingerprint density at radius 2 is 0.965 bits per heavy atom. The van der Waals surface area contributed by atoms with Crippen LogP contribution < -0.4 is 0 Å². The molecular formula is C48H93NO7P+. The first-order valence-electron chi connectivity index (χ1n) is 23.7. The lowest BCUT2D eigenvalue weighted by Gasteiger charge is -2.24. The van der Waals surface area contributed by atoms with Gasteiger partial charge in [-0.05, 0) is 70.6 Å². The van der Waals surface area contributed by atoms with E-state index < -0.39 is 13.9 Å². The zero-order valence-electron chi connectivity index (χ0n) is 38.1. The van der Waals surface area contributed by atoms with Crippen molar-refractivity contribution >= 4 is 13.8 Å². The monoisotopic (exact) mass is 827 g/mol. The first-order valence-corrected chi connectivity index (χ1v) is 25.2. The lowest BCUT2D eigenvalue weighted by molar-refractivity contribution is -0.870. The lowest BCUT2D eigenvalue weighted by atomic mass is 10.1. The molecule has 0 bridgehead atoms. The van der Waals surface area contributed by atoms with Gasteiger partial charge in [0.2, 0.25) is 0 Å². The van der Waals surface area contributed by atoms with Crippen molar-refractivity contribution in [3.63, 3.8) is 0 Å². The summed E-state index contributed by atoms with van der Waals surface area (Å²) in [5.74, 6) is -0.319. The Bertz CT molecular complexity index is 1010. The standard InChI is InChI=1S/C48H92NO7P/c1-6-8-10-12-14-16-18-20-22-23-24-25-26-27-28-29-31-33-35-37-39-41-48(50)56-47(46-55-57(51,52)54-44-42-49(3,4)5)45-53-43-40-38-36-34-32-30-21-19-17-15-13-11-9-7-2/h17-20,23-24,47H,6-16,21-22,25-46H2,1-5H3/p+1/b19-17-,20-18-,24-23-. The molecule has 0 aliphatic rings. The van der Waals surface area contributed by atoms with Crippen LogP contribution >= 0.6 is 7.82 Å². The van der Waals surface area contributed by atoms with Gasteiger partial charge in [-0.2, -0.15) is 0 Å². The summed E-state index contributed by atoms with van der Waals surface area (Å²) in [6.07, 6.45) is 48.9. The van der Waals surface area contributed by atoms with Crippen molar-refractivity contribution in [2.24, 2.45) is 0 Å². The molecule has 0 saturated heterocycles. The third-order valence-electron chi connectivity index (χ3n) is 10.2. The van der Waals surface area contributed by atoms with Gasteiger partial charge in [0.1, 0.15) is 19.3 Å². The summed E-state index contributed by atoms with van der Waals surface area (Å²) < 4.78 is 35.0. The first kappa shape index (κ1) is 55.7. The van der Waals surface area contributed by atoms with Crippen molar-refractivity contribution in [2.45, 2.75) is 213 Å². The highest BCUT2D eigenvalue weighted by Crippen LogP contribution is 2.43. The topological polar surface area (TPSA) is 91.3 Å². The molecule has 0 amide bonds. The molecule has 2 atom stereocenters. The molecule has 0 rings (SSSR count). The Kier molecular flexibility index (Phi) is 40.5. The number of unbranched alkanes of at least 4 members (excludes halogenated alkanes) is 24. The van der Waals surface area contributed by atoms with Crippen molar-refractivity contribution in [2.75, 3.05) is 54.1 Å². The molecule has 2 unspecified atom stereocenters. The number of hydrogen-bond acceptors (Lipinski definition) is 6. The first-order chi connectivity index (χ1) is 27.6. The van der Waals surface area contributed by atoms with E-state index in [0.717, 1.165) is 38.5 Å². The second-order valence-corrected chi connectivity index (χ2v) is 18.6. The number of nitrogens with zero attached hydrogens (tertiary/aromatic N) is 1. The molecular weight excluding hydrogens is 734 g/mol. The molecule has 1 N–H and O–H groups in total. The summed E-state index contributed by atoms with van der Waals surface area (Å²) in [5.41, 5.74) is 0. The zero-order chi connectivity index (χ0) is 42.0. The minimum Gasteiger partial charge on any atom is -0.457 e. The Balaban J connectivity index is 4.18. The largest absolute Gasteiger partial charge is 0.472 e. The molecule has 0 radical (unpaired) electrons. The number of esters is 1. The van der Waals surface area contributed by atoms with Gasteiger partial charge in [0.15, 0.2) is 0 Å². The number of ether oxygens (including phenoxy) is 2. The van der Waals surface area contributed by atoms with Gasteiger partial charge in [-0.15, -0.1) is 0 Å². The summed E-state index contributed by atoms with van der Waals surface area (Å²) in [5, 5.41) is 0. The molecule has 0 aliphatic heterocycles. The number of phosphoric ester groups is 1. The van der Waals surface area contributed by atoms with Gasteiger partial charge in [-0.1, -0.05) is 166 Å². The Labute approximate surface area is 353 Å². The van der Waals surface area contributed by atoms with Gasteiger partial charge >= 0.3 is 13.8 Å². The number of carbonyl (C=O) groups is 1. The SMILES string of the molecule is CCCCCC/C=C\CCCCCCCCOCC(COP(=O)(O)OCC[N+](C)(C)C)OC(=O)CCCCCCCCCCC/C=C\C/C=C\CCCCCCC. The van der Waals surface area contributed by atoms with Gasteiger partial charge in [0.05, 0.1) is 34.4 Å². The average molecular weight is 827 g/mol. The fourth-order valence-electron chi connectivity index (χ4n) is 6.46. The molecule has 0 heterocycles. The quantitative estimate of drug-likeness (QED) is 0.0215. The highest BCUT2D eigenvalue weighted by molar-refractivity contribution is 7.47. The zero-order valence-corrected chi connectivity index (χ0v) is 39.0. The molecule has 0 spiro atoms. The van der Waals surface area contributed by atoms with Crippen LogP contribution in [0.5, 0.6) is 0 Å². The van der Waals surface area contributed by atoms with Crippen LogP contribution in [0.3, 0.4) is 0 Å². The predicted octanol–water partition coefficient (Wildman–Crippen LogP) is 14.2. The van der Waals surface area contributed by atoms with Crippen molar-refractivity contribution in [3.05, 3.63) is 36.5 Å². The van der Waals surface area contributed by atoms with Crippen LogP contribution in [0.4, 0.5) is 0 Å². The molecule has 0 aromatic heterocycles. The van der Waals surface area contributed by atoms with E-state index in [1.54, 1.807) is 0 Å². The number of phosphoric acid groups is 1. The number of rotatable bonds is 44. The minimum atomic E-state index is -4.28. The van der Waals surface area contributed by atoms with Crippen LogP contribution in [0.25, 0.3) is 0 Å². The van der Waals surface area contributed by atoms with Crippen LogP contribution in [0.15, 0.2) is 36.5 Å². The summed E-state index contributed by atoms with van der Waals surface area (Å²) in [6, 6.07) is 0. The minimum absolute atomic E-state index is 0.0866. The van der Waals surface area contributed by atoms with E-state index >= 15 is 0 Å². The van der Waals surface area contributed by atoms with Crippen LogP contribution in [0, 0.1) is 0 Å². The molecule has 0 aromatic carbocycles. The number of likely N-dealkylation sites (N-methyl/N-ethyl adjacent to an activating group) is 1. The molecule has 0 aliphatic carbocycles. The predicted molar refractivity (Wildman–Crippen MR) is 243 cm³/mol.